The van der Waals surface area contributed by atoms with Crippen molar-refractivity contribution in [3.63, 3.8) is 0 Å². The lowest BCUT2D eigenvalue weighted by Crippen LogP contribution is -2.22. The second-order valence-electron chi connectivity index (χ2n) is 7.22. The molecule has 0 heterocycles. The number of hydrogen-bond acceptors (Lipinski definition) is 8. The molecule has 26 heavy (non-hydrogen) atoms. The van der Waals surface area contributed by atoms with Gasteiger partial charge in [0.1, 0.15) is 0 Å². The molecule has 0 aliphatic carbocycles. The summed E-state index contributed by atoms with van der Waals surface area (Å²) < 4.78 is 0. The van der Waals surface area contributed by atoms with Gasteiger partial charge in [0, 0.05) is 0 Å². The fraction of sp³-hybridized carbons (Fsp3) is 0.778. The van der Waals surface area contributed by atoms with Crippen LogP contribution < -0.4 is 0 Å². The molecule has 0 fully saturated rings. The van der Waals surface area contributed by atoms with E-state index in [-0.39, 0.29) is 0 Å². The van der Waals surface area contributed by atoms with Crippen LogP contribution in [0.5, 0.6) is 0 Å². The summed E-state index contributed by atoms with van der Waals surface area (Å²) in [6.45, 7) is 13.7. The Kier molecular flexibility index (Phi) is 9.98. The highest BCUT2D eigenvalue weighted by atomic mass is 15.2. The maximum atomic E-state index is 8.84. The van der Waals surface area contributed by atoms with Crippen LogP contribution in [0.1, 0.15) is 68.2 Å². The van der Waals surface area contributed by atoms with Gasteiger partial charge in [0.05, 0.1) is 24.3 Å². The smallest absolute Gasteiger partial charge is 0.164 e. The molecule has 8 nitrogen and oxygen atoms in total. The Morgan fingerprint density at radius 3 is 0.962 bits per heavy atom. The van der Waals surface area contributed by atoms with Crippen LogP contribution in [-0.2, 0) is 0 Å². The third-order valence-electron chi connectivity index (χ3n) is 3.45. The minimum atomic E-state index is -0.839. The Hall–Kier alpha value is -2.84. The highest BCUT2D eigenvalue weighted by Gasteiger charge is 2.25. The Labute approximate surface area is 156 Å². The fourth-order valence-electron chi connectivity index (χ4n) is 0.860. The van der Waals surface area contributed by atoms with Gasteiger partial charge in [0.25, 0.3) is 0 Å². The van der Waals surface area contributed by atoms with Gasteiger partial charge in [-0.25, -0.2) is 0 Å². The molecule has 0 aliphatic rings. The van der Waals surface area contributed by atoms with Crippen LogP contribution in [0.2, 0.25) is 0 Å². The van der Waals surface area contributed by atoms with Crippen LogP contribution in [0, 0.1) is 45.3 Å². The maximum absolute atomic E-state index is 8.84. The van der Waals surface area contributed by atoms with Crippen molar-refractivity contribution in [1.82, 2.24) is 0 Å². The molecule has 0 aliphatic heterocycles. The zero-order valence-electron chi connectivity index (χ0n) is 17.0. The van der Waals surface area contributed by atoms with E-state index in [9.17, 15) is 0 Å². The fourth-order valence-corrected chi connectivity index (χ4v) is 0.860. The third-order valence-corrected chi connectivity index (χ3v) is 3.45. The molecule has 0 rings (SSSR count). The Morgan fingerprint density at radius 2 is 0.808 bits per heavy atom. The standard InChI is InChI=1S/C10H16N4.C8H12N4/c1-5-9(3,7-11)13-14-10(4,6-2)8-12;1-7(2,5-9)11-12-8(3,4)6-10/h5-6H2,1-4H3;1-4H3/b14-13+;12-11+. The number of nitriles is 4. The van der Waals surface area contributed by atoms with Gasteiger partial charge in [-0.05, 0) is 54.4 Å². The molecule has 2 atom stereocenters. The molecule has 0 saturated heterocycles. The van der Waals surface area contributed by atoms with E-state index < -0.39 is 22.2 Å². The molecule has 2 unspecified atom stereocenters. The van der Waals surface area contributed by atoms with Crippen molar-refractivity contribution in [2.24, 2.45) is 20.5 Å². The van der Waals surface area contributed by atoms with Crippen LogP contribution >= 0.6 is 0 Å². The van der Waals surface area contributed by atoms with Crippen LogP contribution in [0.25, 0.3) is 0 Å². The second-order valence-corrected chi connectivity index (χ2v) is 7.22. The predicted molar refractivity (Wildman–Crippen MR) is 97.7 cm³/mol. The average Bonchev–Trinajstić information content (AvgIpc) is 2.65. The Balaban J connectivity index is 0. The van der Waals surface area contributed by atoms with E-state index in [4.69, 9.17) is 21.0 Å². The summed E-state index contributed by atoms with van der Waals surface area (Å²) in [5, 5.41) is 50.2. The highest BCUT2D eigenvalue weighted by Crippen LogP contribution is 2.20. The summed E-state index contributed by atoms with van der Waals surface area (Å²) in [6, 6.07) is 8.09. The van der Waals surface area contributed by atoms with Gasteiger partial charge in [-0.2, -0.15) is 41.5 Å². The van der Waals surface area contributed by atoms with E-state index in [1.807, 2.05) is 26.0 Å². The molecule has 0 aromatic rings. The first kappa shape index (κ1) is 25.4. The molecule has 0 amide bonds. The topological polar surface area (TPSA) is 145 Å². The van der Waals surface area contributed by atoms with Gasteiger partial charge in [0.2, 0.25) is 0 Å². The molecule has 0 aromatic carbocycles. The first-order valence-corrected chi connectivity index (χ1v) is 8.31. The van der Waals surface area contributed by atoms with Gasteiger partial charge in [-0.15, -0.1) is 0 Å². The molecular weight excluding hydrogens is 328 g/mol. The summed E-state index contributed by atoms with van der Waals surface area (Å²) in [5.41, 5.74) is -3.28. The van der Waals surface area contributed by atoms with Crippen molar-refractivity contribution < 1.29 is 0 Å². The minimum Gasteiger partial charge on any atom is -0.196 e. The lowest BCUT2D eigenvalue weighted by Gasteiger charge is -2.16. The van der Waals surface area contributed by atoms with E-state index in [1.54, 1.807) is 41.5 Å². The number of nitrogens with zero attached hydrogens (tertiary/aromatic N) is 8. The molecule has 0 aromatic heterocycles. The number of rotatable bonds is 6. The monoisotopic (exact) mass is 356 g/mol. The first-order valence-electron chi connectivity index (χ1n) is 8.31. The quantitative estimate of drug-likeness (QED) is 0.625. The van der Waals surface area contributed by atoms with Crippen LogP contribution in [0.15, 0.2) is 20.5 Å². The van der Waals surface area contributed by atoms with Crippen LogP contribution in [0.3, 0.4) is 0 Å². The first-order chi connectivity index (χ1) is 11.8. The molecule has 0 bridgehead atoms. The summed E-state index contributed by atoms with van der Waals surface area (Å²) in [7, 11) is 0. The molecule has 0 spiro atoms. The van der Waals surface area contributed by atoms with Crippen LogP contribution in [-0.4, -0.2) is 22.2 Å². The summed E-state index contributed by atoms with van der Waals surface area (Å²) in [4.78, 5) is 0. The summed E-state index contributed by atoms with van der Waals surface area (Å²) in [6.07, 6.45) is 1.19. The SMILES string of the molecule is CC(C)(C#N)/N=N/C(C)(C)C#N.CCC(C)(C#N)/N=N/C(C)(C#N)CC. The van der Waals surface area contributed by atoms with E-state index in [1.165, 1.54) is 0 Å². The predicted octanol–water partition coefficient (Wildman–Crippen LogP) is 4.87. The zero-order chi connectivity index (χ0) is 21.1. The lowest BCUT2D eigenvalue weighted by atomic mass is 10.0. The van der Waals surface area contributed by atoms with Crippen LogP contribution in [0.4, 0.5) is 0 Å². The largest absolute Gasteiger partial charge is 0.196 e. The van der Waals surface area contributed by atoms with Gasteiger partial charge < -0.3 is 0 Å². The summed E-state index contributed by atoms with van der Waals surface area (Å²) >= 11 is 0. The molecule has 0 N–H and O–H groups in total. The Bertz CT molecular complexity index is 620. The second kappa shape index (κ2) is 10.2. The van der Waals surface area contributed by atoms with E-state index in [0.29, 0.717) is 12.8 Å². The van der Waals surface area contributed by atoms with E-state index in [0.717, 1.165) is 0 Å². The summed E-state index contributed by atoms with van der Waals surface area (Å²) in [5.74, 6) is 0. The molecular formula is C18H28N8. The van der Waals surface area contributed by atoms with Gasteiger partial charge in [-0.1, -0.05) is 13.8 Å². The number of hydrogen-bond donors (Lipinski definition) is 0. The van der Waals surface area contributed by atoms with Gasteiger partial charge in [0.15, 0.2) is 22.2 Å². The van der Waals surface area contributed by atoms with Crippen molar-refractivity contribution >= 4 is 0 Å². The molecule has 0 saturated carbocycles. The zero-order valence-corrected chi connectivity index (χ0v) is 17.0. The highest BCUT2D eigenvalue weighted by molar-refractivity contribution is 5.06. The van der Waals surface area contributed by atoms with Crippen molar-refractivity contribution in [3.05, 3.63) is 0 Å². The van der Waals surface area contributed by atoms with Gasteiger partial charge >= 0.3 is 0 Å². The van der Waals surface area contributed by atoms with E-state index >= 15 is 0 Å². The molecule has 140 valence electrons. The minimum absolute atomic E-state index is 0.595. The normalized spacial score (nSPS) is 16.2. The van der Waals surface area contributed by atoms with Gasteiger partial charge in [-0.3, -0.25) is 0 Å². The number of azo groups is 2. The van der Waals surface area contributed by atoms with Crippen molar-refractivity contribution in [2.75, 3.05) is 0 Å². The Morgan fingerprint density at radius 1 is 0.538 bits per heavy atom. The van der Waals surface area contributed by atoms with Crippen molar-refractivity contribution in [3.8, 4) is 24.3 Å². The van der Waals surface area contributed by atoms with Crippen molar-refractivity contribution in [1.29, 1.82) is 21.0 Å². The maximum Gasteiger partial charge on any atom is 0.164 e. The van der Waals surface area contributed by atoms with E-state index in [2.05, 4.69) is 32.6 Å². The van der Waals surface area contributed by atoms with Crippen molar-refractivity contribution in [2.45, 2.75) is 90.4 Å². The molecule has 0 radical (unpaired) electrons. The molecule has 8 heteroatoms. The third kappa shape index (κ3) is 10.1. The lowest BCUT2D eigenvalue weighted by molar-refractivity contribution is 0.473. The average molecular weight is 356 g/mol.